The molecule has 0 saturated carbocycles. The van der Waals surface area contributed by atoms with Gasteiger partial charge in [0.2, 0.25) is 5.91 Å². The Morgan fingerprint density at radius 3 is 1.25 bits per heavy atom. The van der Waals surface area contributed by atoms with Crippen LogP contribution in [0.2, 0.25) is 0 Å². The standard InChI is InChI=1S/C49H89NO3/c1-3-5-7-9-11-13-15-17-19-21-22-23-24-25-26-27-28-29-31-33-35-37-39-41-43-45-49(53)50-47(46-51)48(52)44-42-40-38-36-34-32-30-20-18-16-14-12-10-8-6-4-2/h5,7,11,13,17,19,22-23,25-26,47-48,51-52H,3-4,6,8-10,12,14-16,18,20-21,24,27-46H2,1-2H3,(H,50,53)/b7-5-,13-11-,19-17-,23-22-,26-25-. The summed E-state index contributed by atoms with van der Waals surface area (Å²) < 4.78 is 0. The van der Waals surface area contributed by atoms with Crippen LogP contribution < -0.4 is 5.32 Å². The van der Waals surface area contributed by atoms with E-state index in [1.165, 1.54) is 141 Å². The Hall–Kier alpha value is -1.91. The van der Waals surface area contributed by atoms with E-state index in [0.29, 0.717) is 12.8 Å². The first-order chi connectivity index (χ1) is 26.2. The Labute approximate surface area is 330 Å². The van der Waals surface area contributed by atoms with E-state index in [2.05, 4.69) is 79.9 Å². The fraction of sp³-hybridized carbons (Fsp3) is 0.776. The Morgan fingerprint density at radius 1 is 0.472 bits per heavy atom. The topological polar surface area (TPSA) is 69.6 Å². The fourth-order valence-electron chi connectivity index (χ4n) is 6.80. The van der Waals surface area contributed by atoms with Gasteiger partial charge >= 0.3 is 0 Å². The van der Waals surface area contributed by atoms with Crippen molar-refractivity contribution in [2.24, 2.45) is 0 Å². The number of nitrogens with one attached hydrogen (secondary N) is 1. The van der Waals surface area contributed by atoms with E-state index < -0.39 is 12.1 Å². The minimum absolute atomic E-state index is 0.0393. The van der Waals surface area contributed by atoms with Crippen LogP contribution in [-0.4, -0.2) is 34.9 Å². The second-order valence-electron chi connectivity index (χ2n) is 15.4. The largest absolute Gasteiger partial charge is 0.394 e. The predicted octanol–water partition coefficient (Wildman–Crippen LogP) is 14.5. The molecule has 0 aliphatic carbocycles. The lowest BCUT2D eigenvalue weighted by Crippen LogP contribution is -2.45. The summed E-state index contributed by atoms with van der Waals surface area (Å²) in [6.45, 7) is 4.25. The molecule has 4 heteroatoms. The van der Waals surface area contributed by atoms with Crippen molar-refractivity contribution in [3.8, 4) is 0 Å². The van der Waals surface area contributed by atoms with Gasteiger partial charge in [-0.05, 0) is 57.8 Å². The van der Waals surface area contributed by atoms with E-state index in [1.807, 2.05) is 0 Å². The zero-order chi connectivity index (χ0) is 38.6. The SMILES string of the molecule is CC/C=C\C/C=C\C/C=C\C/C=C\C/C=C\CCCCCCCCCCCC(=O)NC(CO)C(O)CCCCCCCCCCCCCCCCCC. The van der Waals surface area contributed by atoms with E-state index >= 15 is 0 Å². The maximum Gasteiger partial charge on any atom is 0.220 e. The summed E-state index contributed by atoms with van der Waals surface area (Å²) in [5.41, 5.74) is 0. The monoisotopic (exact) mass is 740 g/mol. The number of aliphatic hydroxyl groups is 2. The number of rotatable bonds is 41. The number of hydrogen-bond acceptors (Lipinski definition) is 3. The molecule has 0 rings (SSSR count). The molecule has 0 aromatic carbocycles. The van der Waals surface area contributed by atoms with Gasteiger partial charge in [-0.15, -0.1) is 0 Å². The van der Waals surface area contributed by atoms with Crippen molar-refractivity contribution in [3.63, 3.8) is 0 Å². The lowest BCUT2D eigenvalue weighted by molar-refractivity contribution is -0.123. The van der Waals surface area contributed by atoms with Gasteiger partial charge < -0.3 is 15.5 Å². The highest BCUT2D eigenvalue weighted by atomic mass is 16.3. The van der Waals surface area contributed by atoms with Crippen LogP contribution in [0.5, 0.6) is 0 Å². The van der Waals surface area contributed by atoms with Crippen molar-refractivity contribution in [1.29, 1.82) is 0 Å². The number of carbonyl (C=O) groups excluding carboxylic acids is 1. The van der Waals surface area contributed by atoms with Crippen LogP contribution in [-0.2, 0) is 4.79 Å². The zero-order valence-electron chi connectivity index (χ0n) is 35.3. The van der Waals surface area contributed by atoms with Crippen molar-refractivity contribution in [2.45, 2.75) is 238 Å². The van der Waals surface area contributed by atoms with E-state index in [-0.39, 0.29) is 12.5 Å². The van der Waals surface area contributed by atoms with Crippen LogP contribution >= 0.6 is 0 Å². The van der Waals surface area contributed by atoms with Gasteiger partial charge in [-0.25, -0.2) is 0 Å². The Morgan fingerprint density at radius 2 is 0.830 bits per heavy atom. The molecule has 0 aliphatic heterocycles. The number of amides is 1. The summed E-state index contributed by atoms with van der Waals surface area (Å²) in [4.78, 5) is 12.4. The minimum atomic E-state index is -0.664. The number of unbranched alkanes of at least 4 members (excludes halogenated alkanes) is 24. The third kappa shape index (κ3) is 41.1. The molecule has 3 N–H and O–H groups in total. The smallest absolute Gasteiger partial charge is 0.220 e. The van der Waals surface area contributed by atoms with Crippen LogP contribution in [0.3, 0.4) is 0 Å². The summed E-state index contributed by atoms with van der Waals surface area (Å²) in [5, 5.41) is 23.2. The van der Waals surface area contributed by atoms with Crippen LogP contribution in [0.25, 0.3) is 0 Å². The summed E-state index contributed by atoms with van der Waals surface area (Å²) in [5.74, 6) is -0.0393. The molecule has 0 fully saturated rings. The summed E-state index contributed by atoms with van der Waals surface area (Å²) in [6.07, 6.45) is 61.5. The number of allylic oxidation sites excluding steroid dienone is 10. The van der Waals surface area contributed by atoms with Gasteiger partial charge in [-0.1, -0.05) is 222 Å². The van der Waals surface area contributed by atoms with Crippen molar-refractivity contribution in [1.82, 2.24) is 5.32 Å². The van der Waals surface area contributed by atoms with E-state index in [0.717, 1.165) is 57.8 Å². The molecule has 308 valence electrons. The van der Waals surface area contributed by atoms with E-state index in [9.17, 15) is 15.0 Å². The van der Waals surface area contributed by atoms with Crippen molar-refractivity contribution >= 4 is 5.91 Å². The Balaban J connectivity index is 3.55. The molecular formula is C49H89NO3. The van der Waals surface area contributed by atoms with Crippen molar-refractivity contribution in [2.75, 3.05) is 6.61 Å². The molecule has 53 heavy (non-hydrogen) atoms. The molecule has 0 aliphatic rings. The molecule has 0 spiro atoms. The van der Waals surface area contributed by atoms with Gasteiger partial charge in [-0.2, -0.15) is 0 Å². The molecule has 1 amide bonds. The molecular weight excluding hydrogens is 651 g/mol. The highest BCUT2D eigenvalue weighted by Gasteiger charge is 2.20. The number of aliphatic hydroxyl groups excluding tert-OH is 2. The Kier molecular flexibility index (Phi) is 42.9. The second-order valence-corrected chi connectivity index (χ2v) is 15.4. The summed E-state index contributed by atoms with van der Waals surface area (Å²) in [7, 11) is 0. The lowest BCUT2D eigenvalue weighted by Gasteiger charge is -2.22. The highest BCUT2D eigenvalue weighted by molar-refractivity contribution is 5.76. The first-order valence-electron chi connectivity index (χ1n) is 23.0. The lowest BCUT2D eigenvalue weighted by atomic mass is 10.0. The van der Waals surface area contributed by atoms with Crippen molar-refractivity contribution in [3.05, 3.63) is 60.8 Å². The van der Waals surface area contributed by atoms with Gasteiger partial charge in [0.15, 0.2) is 0 Å². The Bertz CT molecular complexity index is 888. The number of carbonyl (C=O) groups is 1. The van der Waals surface area contributed by atoms with Crippen LogP contribution in [0, 0.1) is 0 Å². The molecule has 4 nitrogen and oxygen atoms in total. The van der Waals surface area contributed by atoms with E-state index in [4.69, 9.17) is 0 Å². The average molecular weight is 740 g/mol. The molecule has 0 heterocycles. The van der Waals surface area contributed by atoms with Crippen LogP contribution in [0.15, 0.2) is 60.8 Å². The van der Waals surface area contributed by atoms with Gasteiger partial charge in [0.05, 0.1) is 18.8 Å². The molecule has 0 aromatic heterocycles. The third-order valence-corrected chi connectivity index (χ3v) is 10.3. The van der Waals surface area contributed by atoms with Crippen LogP contribution in [0.4, 0.5) is 0 Å². The maximum absolute atomic E-state index is 12.4. The summed E-state index contributed by atoms with van der Waals surface area (Å²) >= 11 is 0. The predicted molar refractivity (Wildman–Crippen MR) is 234 cm³/mol. The first-order valence-corrected chi connectivity index (χ1v) is 23.0. The quantitative estimate of drug-likeness (QED) is 0.0432. The molecule has 0 aromatic rings. The van der Waals surface area contributed by atoms with E-state index in [1.54, 1.807) is 0 Å². The number of hydrogen-bond donors (Lipinski definition) is 3. The molecule has 2 unspecified atom stereocenters. The van der Waals surface area contributed by atoms with Gasteiger partial charge in [0.1, 0.15) is 0 Å². The van der Waals surface area contributed by atoms with Gasteiger partial charge in [0.25, 0.3) is 0 Å². The average Bonchev–Trinajstić information content (AvgIpc) is 3.16. The molecule has 0 saturated heterocycles. The van der Waals surface area contributed by atoms with Crippen molar-refractivity contribution < 1.29 is 15.0 Å². The fourth-order valence-corrected chi connectivity index (χ4v) is 6.80. The third-order valence-electron chi connectivity index (χ3n) is 10.3. The molecule has 0 radical (unpaired) electrons. The molecule has 0 bridgehead atoms. The minimum Gasteiger partial charge on any atom is -0.394 e. The van der Waals surface area contributed by atoms with Crippen LogP contribution in [0.1, 0.15) is 226 Å². The van der Waals surface area contributed by atoms with Gasteiger partial charge in [-0.3, -0.25) is 4.79 Å². The molecule has 2 atom stereocenters. The van der Waals surface area contributed by atoms with Gasteiger partial charge in [0, 0.05) is 6.42 Å². The second kappa shape index (κ2) is 44.5. The zero-order valence-corrected chi connectivity index (χ0v) is 35.3. The first kappa shape index (κ1) is 51.1. The normalized spacial score (nSPS) is 13.5. The maximum atomic E-state index is 12.4. The summed E-state index contributed by atoms with van der Waals surface area (Å²) in [6, 6.07) is -0.542. The highest BCUT2D eigenvalue weighted by Crippen LogP contribution is 2.16.